The molecule has 0 fully saturated rings. The molecule has 1 rings (SSSR count). The molecular formula is C14H28O2Si. The lowest BCUT2D eigenvalue weighted by Crippen LogP contribution is -2.47. The minimum Gasteiger partial charge on any atom is -0.493 e. The van der Waals surface area contributed by atoms with E-state index in [1.165, 1.54) is 0 Å². The largest absolute Gasteiger partial charge is 0.493 e. The molecule has 0 aliphatic carbocycles. The lowest BCUT2D eigenvalue weighted by atomic mass is 9.94. The lowest BCUT2D eigenvalue weighted by Gasteiger charge is -2.41. The first-order valence-electron chi connectivity index (χ1n) is 6.69. The maximum Gasteiger partial charge on any atom is 0.192 e. The standard InChI is InChI=1S/C14H28O2Si/c1-7-14(10-8-9-11-15-14)12-16-17(5,6)13(2,3)4/h9,11H,7-8,10,12H2,1-6H3/t14-/m0/s1. The van der Waals surface area contributed by atoms with Gasteiger partial charge in [-0.1, -0.05) is 27.7 Å². The van der Waals surface area contributed by atoms with Crippen molar-refractivity contribution in [2.75, 3.05) is 6.61 Å². The van der Waals surface area contributed by atoms with Crippen molar-refractivity contribution in [2.24, 2.45) is 0 Å². The van der Waals surface area contributed by atoms with E-state index in [4.69, 9.17) is 9.16 Å². The second-order valence-corrected chi connectivity index (χ2v) is 11.4. The molecule has 1 heterocycles. The highest BCUT2D eigenvalue weighted by atomic mass is 28.4. The molecule has 0 N–H and O–H groups in total. The van der Waals surface area contributed by atoms with Crippen LogP contribution >= 0.6 is 0 Å². The van der Waals surface area contributed by atoms with Gasteiger partial charge in [0.2, 0.25) is 0 Å². The molecule has 0 aromatic carbocycles. The van der Waals surface area contributed by atoms with Gasteiger partial charge in [-0.2, -0.15) is 0 Å². The molecule has 1 aliphatic rings. The number of hydrogen-bond acceptors (Lipinski definition) is 2. The third-order valence-corrected chi connectivity index (χ3v) is 8.81. The highest BCUT2D eigenvalue weighted by Gasteiger charge is 2.40. The molecule has 0 aromatic heterocycles. The summed E-state index contributed by atoms with van der Waals surface area (Å²) in [6.45, 7) is 14.4. The van der Waals surface area contributed by atoms with E-state index < -0.39 is 8.32 Å². The Labute approximate surface area is 108 Å². The zero-order valence-corrected chi connectivity index (χ0v) is 13.3. The van der Waals surface area contributed by atoms with E-state index in [0.29, 0.717) is 0 Å². The number of ether oxygens (including phenoxy) is 1. The number of hydrogen-bond donors (Lipinski definition) is 0. The minimum absolute atomic E-state index is 0.0791. The first-order valence-corrected chi connectivity index (χ1v) is 9.60. The summed E-state index contributed by atoms with van der Waals surface area (Å²) in [4.78, 5) is 0. The van der Waals surface area contributed by atoms with Crippen molar-refractivity contribution < 1.29 is 9.16 Å². The SMILES string of the molecule is CC[C@@]1(CO[Si](C)(C)C(C)(C)C)CCC=CO1. The van der Waals surface area contributed by atoms with Gasteiger partial charge in [-0.05, 0) is 43.5 Å². The van der Waals surface area contributed by atoms with E-state index in [2.05, 4.69) is 46.9 Å². The molecule has 2 nitrogen and oxygen atoms in total. The third kappa shape index (κ3) is 3.59. The summed E-state index contributed by atoms with van der Waals surface area (Å²) in [6, 6.07) is 0. The zero-order chi connectivity index (χ0) is 13.2. The summed E-state index contributed by atoms with van der Waals surface area (Å²) < 4.78 is 12.1. The number of allylic oxidation sites excluding steroid dienone is 1. The van der Waals surface area contributed by atoms with Crippen molar-refractivity contribution in [1.29, 1.82) is 0 Å². The second-order valence-electron chi connectivity index (χ2n) is 6.61. The Kier molecular flexibility index (Phi) is 4.47. The highest BCUT2D eigenvalue weighted by Crippen LogP contribution is 2.38. The van der Waals surface area contributed by atoms with Crippen LogP contribution in [-0.4, -0.2) is 20.5 Å². The van der Waals surface area contributed by atoms with Crippen LogP contribution in [0.5, 0.6) is 0 Å². The fourth-order valence-corrected chi connectivity index (χ4v) is 2.72. The number of rotatable bonds is 4. The normalized spacial score (nSPS) is 25.8. The molecule has 0 amide bonds. The third-order valence-electron chi connectivity index (χ3n) is 4.33. The van der Waals surface area contributed by atoms with Gasteiger partial charge in [0.05, 0.1) is 12.9 Å². The summed E-state index contributed by atoms with van der Waals surface area (Å²) in [6.07, 6.45) is 7.15. The Morgan fingerprint density at radius 1 is 1.35 bits per heavy atom. The van der Waals surface area contributed by atoms with E-state index in [-0.39, 0.29) is 10.6 Å². The van der Waals surface area contributed by atoms with Crippen LogP contribution in [0.4, 0.5) is 0 Å². The molecule has 0 radical (unpaired) electrons. The molecule has 1 atom stereocenters. The average Bonchev–Trinajstić information content (AvgIpc) is 2.26. The Morgan fingerprint density at radius 3 is 2.41 bits per heavy atom. The maximum absolute atomic E-state index is 6.31. The van der Waals surface area contributed by atoms with Crippen molar-refractivity contribution in [2.45, 2.75) is 70.7 Å². The fourth-order valence-electron chi connectivity index (χ4n) is 1.66. The molecule has 3 heteroatoms. The fraction of sp³-hybridized carbons (Fsp3) is 0.857. The summed E-state index contributed by atoms with van der Waals surface area (Å²) in [7, 11) is -1.66. The first-order chi connectivity index (χ1) is 7.72. The van der Waals surface area contributed by atoms with Crippen LogP contribution in [-0.2, 0) is 9.16 Å². The van der Waals surface area contributed by atoms with Gasteiger partial charge in [0.15, 0.2) is 8.32 Å². The molecular weight excluding hydrogens is 228 g/mol. The van der Waals surface area contributed by atoms with Crippen LogP contribution in [0.1, 0.15) is 47.0 Å². The molecule has 0 saturated carbocycles. The van der Waals surface area contributed by atoms with Gasteiger partial charge >= 0.3 is 0 Å². The monoisotopic (exact) mass is 256 g/mol. The predicted octanol–water partition coefficient (Wildman–Crippen LogP) is 4.48. The lowest BCUT2D eigenvalue weighted by molar-refractivity contribution is -0.0390. The smallest absolute Gasteiger partial charge is 0.192 e. The summed E-state index contributed by atoms with van der Waals surface area (Å²) in [5.74, 6) is 0. The second kappa shape index (κ2) is 5.15. The van der Waals surface area contributed by atoms with E-state index >= 15 is 0 Å². The molecule has 0 saturated heterocycles. The summed E-state index contributed by atoms with van der Waals surface area (Å²) in [5.41, 5.74) is -0.0791. The Balaban J connectivity index is 2.62. The Bertz CT molecular complexity index is 278. The van der Waals surface area contributed by atoms with E-state index in [0.717, 1.165) is 25.9 Å². The summed E-state index contributed by atoms with van der Waals surface area (Å²) >= 11 is 0. The van der Waals surface area contributed by atoms with E-state index in [9.17, 15) is 0 Å². The highest BCUT2D eigenvalue weighted by molar-refractivity contribution is 6.74. The predicted molar refractivity (Wildman–Crippen MR) is 75.6 cm³/mol. The van der Waals surface area contributed by atoms with Crippen LogP contribution in [0.15, 0.2) is 12.3 Å². The van der Waals surface area contributed by atoms with Crippen LogP contribution in [0.2, 0.25) is 18.1 Å². The molecule has 1 aliphatic heterocycles. The van der Waals surface area contributed by atoms with Crippen molar-refractivity contribution in [3.8, 4) is 0 Å². The minimum atomic E-state index is -1.66. The van der Waals surface area contributed by atoms with Gasteiger partial charge < -0.3 is 9.16 Å². The van der Waals surface area contributed by atoms with Crippen LogP contribution in [0.3, 0.4) is 0 Å². The van der Waals surface area contributed by atoms with Gasteiger partial charge in [-0.3, -0.25) is 0 Å². The average molecular weight is 256 g/mol. The molecule has 100 valence electrons. The molecule has 0 bridgehead atoms. The molecule has 0 aromatic rings. The van der Waals surface area contributed by atoms with E-state index in [1.54, 1.807) is 0 Å². The van der Waals surface area contributed by atoms with Gasteiger partial charge in [-0.15, -0.1) is 0 Å². The Hall–Kier alpha value is -0.283. The van der Waals surface area contributed by atoms with Crippen LogP contribution < -0.4 is 0 Å². The first kappa shape index (κ1) is 14.8. The quantitative estimate of drug-likeness (QED) is 0.690. The summed E-state index contributed by atoms with van der Waals surface area (Å²) in [5, 5.41) is 0.270. The van der Waals surface area contributed by atoms with Gasteiger partial charge in [0.25, 0.3) is 0 Å². The molecule has 0 spiro atoms. The zero-order valence-electron chi connectivity index (χ0n) is 12.3. The maximum atomic E-state index is 6.31. The van der Waals surface area contributed by atoms with Gasteiger partial charge in [0, 0.05) is 0 Å². The molecule has 17 heavy (non-hydrogen) atoms. The van der Waals surface area contributed by atoms with Crippen molar-refractivity contribution in [1.82, 2.24) is 0 Å². The molecule has 0 unspecified atom stereocenters. The van der Waals surface area contributed by atoms with Crippen molar-refractivity contribution in [3.05, 3.63) is 12.3 Å². The van der Waals surface area contributed by atoms with Crippen LogP contribution in [0.25, 0.3) is 0 Å². The van der Waals surface area contributed by atoms with E-state index in [1.807, 2.05) is 6.26 Å². The van der Waals surface area contributed by atoms with Crippen molar-refractivity contribution >= 4 is 8.32 Å². The van der Waals surface area contributed by atoms with Gasteiger partial charge in [0.1, 0.15) is 5.60 Å². The van der Waals surface area contributed by atoms with Gasteiger partial charge in [-0.25, -0.2) is 0 Å². The topological polar surface area (TPSA) is 18.5 Å². The van der Waals surface area contributed by atoms with Crippen molar-refractivity contribution in [3.63, 3.8) is 0 Å². The Morgan fingerprint density at radius 2 is 2.00 bits per heavy atom. The van der Waals surface area contributed by atoms with Crippen LogP contribution in [0, 0.1) is 0 Å².